The van der Waals surface area contributed by atoms with Gasteiger partial charge in [0.15, 0.2) is 0 Å². The van der Waals surface area contributed by atoms with Gasteiger partial charge in [0, 0.05) is 28.7 Å². The zero-order chi connectivity index (χ0) is 17.8. The lowest BCUT2D eigenvalue weighted by Crippen LogP contribution is -2.30. The minimum absolute atomic E-state index is 0.0934. The van der Waals surface area contributed by atoms with Gasteiger partial charge in [-0.1, -0.05) is 35.3 Å². The predicted molar refractivity (Wildman–Crippen MR) is 99.1 cm³/mol. The Morgan fingerprint density at radius 2 is 1.68 bits per heavy atom. The van der Waals surface area contributed by atoms with E-state index in [4.69, 9.17) is 23.2 Å². The number of nitrogens with zero attached hydrogens (tertiary/aromatic N) is 2. The first-order chi connectivity index (χ1) is 12.0. The molecule has 0 unspecified atom stereocenters. The number of rotatable bonds is 4. The van der Waals surface area contributed by atoms with Crippen LogP contribution in [0.1, 0.15) is 12.0 Å². The number of carbonyl (C=O) groups excluding carboxylic acids is 2. The third-order valence-corrected chi connectivity index (χ3v) is 4.40. The first-order valence-corrected chi connectivity index (χ1v) is 8.43. The van der Waals surface area contributed by atoms with Crippen LogP contribution in [0.4, 0.5) is 5.69 Å². The van der Waals surface area contributed by atoms with Crippen molar-refractivity contribution < 1.29 is 9.59 Å². The van der Waals surface area contributed by atoms with Crippen LogP contribution < -0.4 is 10.3 Å². The van der Waals surface area contributed by atoms with E-state index < -0.39 is 5.92 Å². The number of hydrogen-bond donors (Lipinski definition) is 1. The molecule has 1 N–H and O–H groups in total. The normalized spacial score (nSPS) is 17.3. The fourth-order valence-corrected chi connectivity index (χ4v) is 2.82. The quantitative estimate of drug-likeness (QED) is 0.656. The highest BCUT2D eigenvalue weighted by atomic mass is 35.5. The fraction of sp³-hybridized carbons (Fsp3) is 0.167. The average molecular weight is 376 g/mol. The predicted octanol–water partition coefficient (Wildman–Crippen LogP) is 3.50. The summed E-state index contributed by atoms with van der Waals surface area (Å²) in [7, 11) is 0. The topological polar surface area (TPSA) is 61.8 Å². The van der Waals surface area contributed by atoms with Crippen LogP contribution >= 0.6 is 23.2 Å². The van der Waals surface area contributed by atoms with E-state index in [1.807, 2.05) is 0 Å². The highest BCUT2D eigenvalue weighted by Gasteiger charge is 2.35. The molecule has 1 saturated heterocycles. The van der Waals surface area contributed by atoms with E-state index in [1.165, 1.54) is 6.21 Å². The molecule has 1 aliphatic rings. The lowest BCUT2D eigenvalue weighted by atomic mass is 10.1. The number of halogens is 2. The Morgan fingerprint density at radius 1 is 1.08 bits per heavy atom. The van der Waals surface area contributed by atoms with Crippen LogP contribution in [-0.2, 0) is 9.59 Å². The van der Waals surface area contributed by atoms with Crippen molar-refractivity contribution in [2.75, 3.05) is 11.4 Å². The second-order valence-electron chi connectivity index (χ2n) is 5.67. The molecule has 2 aromatic rings. The molecular weight excluding hydrogens is 361 g/mol. The van der Waals surface area contributed by atoms with E-state index in [9.17, 15) is 9.59 Å². The first kappa shape index (κ1) is 17.5. The van der Waals surface area contributed by atoms with Gasteiger partial charge in [-0.15, -0.1) is 0 Å². The molecule has 2 aromatic carbocycles. The Bertz CT molecular complexity index is 804. The minimum Gasteiger partial charge on any atom is -0.312 e. The van der Waals surface area contributed by atoms with Crippen molar-refractivity contribution >= 4 is 46.9 Å². The molecule has 0 bridgehead atoms. The molecule has 25 heavy (non-hydrogen) atoms. The van der Waals surface area contributed by atoms with Gasteiger partial charge >= 0.3 is 0 Å². The molecule has 1 fully saturated rings. The minimum atomic E-state index is -0.439. The molecule has 3 rings (SSSR count). The standard InChI is InChI=1S/C18H15Cl2N3O2/c19-14-3-1-12(2-4-14)10-21-22-18(25)13-9-17(24)23(11-13)16-7-5-15(20)6-8-16/h1-8,10,13H,9,11H2,(H,22,25)/b21-10-/t13-/m0/s1. The third kappa shape index (κ3) is 4.38. The molecular formula is C18H15Cl2N3O2. The van der Waals surface area contributed by atoms with Crippen molar-refractivity contribution in [1.29, 1.82) is 0 Å². The summed E-state index contributed by atoms with van der Waals surface area (Å²) in [5.74, 6) is -0.815. The monoisotopic (exact) mass is 375 g/mol. The molecule has 0 spiro atoms. The summed E-state index contributed by atoms with van der Waals surface area (Å²) < 4.78 is 0. The number of nitrogens with one attached hydrogen (secondary N) is 1. The van der Waals surface area contributed by atoms with Gasteiger partial charge < -0.3 is 4.90 Å². The third-order valence-electron chi connectivity index (χ3n) is 3.89. The number of amides is 2. The van der Waals surface area contributed by atoms with Gasteiger partial charge in [-0.3, -0.25) is 9.59 Å². The largest absolute Gasteiger partial charge is 0.312 e. The smallest absolute Gasteiger partial charge is 0.245 e. The number of hydrogen-bond acceptors (Lipinski definition) is 3. The van der Waals surface area contributed by atoms with Gasteiger partial charge in [0.05, 0.1) is 12.1 Å². The SMILES string of the molecule is O=C(N/N=C\c1ccc(Cl)cc1)[C@H]1CC(=O)N(c2ccc(Cl)cc2)C1. The van der Waals surface area contributed by atoms with Crippen molar-refractivity contribution in [1.82, 2.24) is 5.43 Å². The van der Waals surface area contributed by atoms with Gasteiger partial charge in [0.2, 0.25) is 11.8 Å². The maximum Gasteiger partial charge on any atom is 0.245 e. The molecule has 1 heterocycles. The number of anilines is 1. The van der Waals surface area contributed by atoms with E-state index in [0.29, 0.717) is 16.6 Å². The average Bonchev–Trinajstić information content (AvgIpc) is 2.99. The van der Waals surface area contributed by atoms with Crippen molar-refractivity contribution in [3.8, 4) is 0 Å². The van der Waals surface area contributed by atoms with E-state index >= 15 is 0 Å². The summed E-state index contributed by atoms with van der Waals surface area (Å²) in [6.45, 7) is 0.322. The zero-order valence-corrected chi connectivity index (χ0v) is 14.7. The Balaban J connectivity index is 1.59. The maximum absolute atomic E-state index is 12.2. The van der Waals surface area contributed by atoms with Crippen molar-refractivity contribution in [2.45, 2.75) is 6.42 Å². The lowest BCUT2D eigenvalue weighted by Gasteiger charge is -2.16. The summed E-state index contributed by atoms with van der Waals surface area (Å²) >= 11 is 11.7. The van der Waals surface area contributed by atoms with Gasteiger partial charge in [0.25, 0.3) is 0 Å². The Labute approximate surface area is 155 Å². The molecule has 128 valence electrons. The second kappa shape index (κ2) is 7.68. The van der Waals surface area contributed by atoms with Gasteiger partial charge in [0.1, 0.15) is 0 Å². The number of carbonyl (C=O) groups is 2. The highest BCUT2D eigenvalue weighted by molar-refractivity contribution is 6.31. The molecule has 5 nitrogen and oxygen atoms in total. The molecule has 0 radical (unpaired) electrons. The van der Waals surface area contributed by atoms with Crippen LogP contribution in [-0.4, -0.2) is 24.6 Å². The molecule has 1 atom stereocenters. The van der Waals surface area contributed by atoms with Crippen LogP contribution in [0.3, 0.4) is 0 Å². The highest BCUT2D eigenvalue weighted by Crippen LogP contribution is 2.26. The van der Waals surface area contributed by atoms with E-state index in [0.717, 1.165) is 11.3 Å². The van der Waals surface area contributed by atoms with Crippen LogP contribution in [0.15, 0.2) is 53.6 Å². The molecule has 7 heteroatoms. The van der Waals surface area contributed by atoms with E-state index in [-0.39, 0.29) is 18.2 Å². The Hall–Kier alpha value is -2.37. The summed E-state index contributed by atoms with van der Waals surface area (Å²) in [6, 6.07) is 14.0. The van der Waals surface area contributed by atoms with E-state index in [2.05, 4.69) is 10.5 Å². The Morgan fingerprint density at radius 3 is 2.32 bits per heavy atom. The van der Waals surface area contributed by atoms with Crippen LogP contribution in [0.5, 0.6) is 0 Å². The van der Waals surface area contributed by atoms with Crippen LogP contribution in [0, 0.1) is 5.92 Å². The molecule has 0 aliphatic carbocycles. The van der Waals surface area contributed by atoms with Gasteiger partial charge in [-0.05, 0) is 42.0 Å². The number of hydrazone groups is 1. The summed E-state index contributed by atoms with van der Waals surface area (Å²) in [5.41, 5.74) is 4.03. The molecule has 0 saturated carbocycles. The first-order valence-electron chi connectivity index (χ1n) is 7.67. The molecule has 0 aromatic heterocycles. The second-order valence-corrected chi connectivity index (χ2v) is 6.54. The zero-order valence-electron chi connectivity index (χ0n) is 13.2. The summed E-state index contributed by atoms with van der Waals surface area (Å²) in [6.07, 6.45) is 1.69. The summed E-state index contributed by atoms with van der Waals surface area (Å²) in [4.78, 5) is 26.0. The molecule has 1 aliphatic heterocycles. The van der Waals surface area contributed by atoms with Crippen LogP contribution in [0.25, 0.3) is 0 Å². The van der Waals surface area contributed by atoms with Crippen molar-refractivity contribution in [3.05, 3.63) is 64.1 Å². The van der Waals surface area contributed by atoms with E-state index in [1.54, 1.807) is 53.4 Å². The lowest BCUT2D eigenvalue weighted by molar-refractivity contribution is -0.126. The van der Waals surface area contributed by atoms with Crippen molar-refractivity contribution in [2.24, 2.45) is 11.0 Å². The van der Waals surface area contributed by atoms with Gasteiger partial charge in [-0.2, -0.15) is 5.10 Å². The maximum atomic E-state index is 12.2. The number of benzene rings is 2. The fourth-order valence-electron chi connectivity index (χ4n) is 2.56. The van der Waals surface area contributed by atoms with Gasteiger partial charge in [-0.25, -0.2) is 5.43 Å². The van der Waals surface area contributed by atoms with Crippen LogP contribution in [0.2, 0.25) is 10.0 Å². The summed E-state index contributed by atoms with van der Waals surface area (Å²) in [5, 5.41) is 5.17. The Kier molecular flexibility index (Phi) is 5.36. The van der Waals surface area contributed by atoms with Crippen molar-refractivity contribution in [3.63, 3.8) is 0 Å². The molecule has 2 amide bonds.